The van der Waals surface area contributed by atoms with Crippen molar-refractivity contribution in [3.05, 3.63) is 0 Å². The molecule has 0 saturated carbocycles. The molecule has 1 aliphatic heterocycles. The van der Waals surface area contributed by atoms with E-state index in [1.165, 1.54) is 38.5 Å². The van der Waals surface area contributed by atoms with Crippen LogP contribution in [-0.2, 0) is 4.74 Å². The number of nitrogens with two attached hydrogens (primary N) is 1. The van der Waals surface area contributed by atoms with Gasteiger partial charge >= 0.3 is 0 Å². The third-order valence-corrected chi connectivity index (χ3v) is 3.32. The fourth-order valence-corrected chi connectivity index (χ4v) is 2.18. The van der Waals surface area contributed by atoms with Gasteiger partial charge in [-0.25, -0.2) is 5.01 Å². The largest absolute Gasteiger partial charge is 0.379 e. The van der Waals surface area contributed by atoms with Crippen molar-refractivity contribution in [2.75, 3.05) is 32.8 Å². The Balaban J connectivity index is 2.05. The number of hydrazine groups is 1. The molecule has 0 aromatic heterocycles. The maximum Gasteiger partial charge on any atom is 0.0608 e. The van der Waals surface area contributed by atoms with Crippen molar-refractivity contribution >= 4 is 0 Å². The SMILES string of the molecule is CCCCCCCC(CN)NN1CCOCC1. The molecule has 17 heavy (non-hydrogen) atoms. The first-order valence-electron chi connectivity index (χ1n) is 7.15. The van der Waals surface area contributed by atoms with Crippen LogP contribution < -0.4 is 11.2 Å². The first-order valence-corrected chi connectivity index (χ1v) is 7.15. The summed E-state index contributed by atoms with van der Waals surface area (Å²) in [4.78, 5) is 0. The van der Waals surface area contributed by atoms with Crippen molar-refractivity contribution < 1.29 is 4.74 Å². The summed E-state index contributed by atoms with van der Waals surface area (Å²) in [6.07, 6.45) is 7.87. The molecule has 1 atom stereocenters. The molecule has 1 aliphatic rings. The van der Waals surface area contributed by atoms with E-state index in [2.05, 4.69) is 17.4 Å². The highest BCUT2D eigenvalue weighted by Gasteiger charge is 2.14. The smallest absolute Gasteiger partial charge is 0.0608 e. The topological polar surface area (TPSA) is 50.5 Å². The van der Waals surface area contributed by atoms with Gasteiger partial charge in [0, 0.05) is 25.7 Å². The molecule has 0 aromatic carbocycles. The van der Waals surface area contributed by atoms with Gasteiger partial charge in [0.15, 0.2) is 0 Å². The van der Waals surface area contributed by atoms with Crippen LogP contribution >= 0.6 is 0 Å². The number of ether oxygens (including phenoxy) is 1. The fourth-order valence-electron chi connectivity index (χ4n) is 2.18. The molecule has 0 aliphatic carbocycles. The number of hydrogen-bond acceptors (Lipinski definition) is 4. The van der Waals surface area contributed by atoms with E-state index in [1.807, 2.05) is 0 Å². The van der Waals surface area contributed by atoms with Crippen molar-refractivity contribution in [1.82, 2.24) is 10.4 Å². The zero-order valence-corrected chi connectivity index (χ0v) is 11.3. The zero-order valence-electron chi connectivity index (χ0n) is 11.3. The molecule has 1 unspecified atom stereocenters. The summed E-state index contributed by atoms with van der Waals surface area (Å²) in [5.41, 5.74) is 9.34. The molecule has 3 N–H and O–H groups in total. The number of unbranched alkanes of at least 4 members (excludes halogenated alkanes) is 4. The highest BCUT2D eigenvalue weighted by Crippen LogP contribution is 2.07. The molecule has 1 fully saturated rings. The standard InChI is InChI=1S/C13H29N3O/c1-2-3-4-5-6-7-13(12-14)15-16-8-10-17-11-9-16/h13,15H,2-12,14H2,1H3. The maximum atomic E-state index is 5.81. The molecule has 1 heterocycles. The molecule has 0 spiro atoms. The van der Waals surface area contributed by atoms with E-state index < -0.39 is 0 Å². The van der Waals surface area contributed by atoms with Crippen LogP contribution in [0, 0.1) is 0 Å². The number of nitrogens with one attached hydrogen (secondary N) is 1. The first kappa shape index (κ1) is 14.9. The Hall–Kier alpha value is -0.160. The lowest BCUT2D eigenvalue weighted by Gasteiger charge is -2.31. The predicted octanol–water partition coefficient (Wildman–Crippen LogP) is 1.51. The average Bonchev–Trinajstić information content (AvgIpc) is 2.38. The van der Waals surface area contributed by atoms with Gasteiger partial charge in [0.05, 0.1) is 13.2 Å². The molecule has 0 amide bonds. The molecule has 0 radical (unpaired) electrons. The molecule has 4 nitrogen and oxygen atoms in total. The van der Waals surface area contributed by atoms with Crippen LogP contribution in [0.2, 0.25) is 0 Å². The molecular formula is C13H29N3O. The molecule has 0 bridgehead atoms. The van der Waals surface area contributed by atoms with E-state index in [1.54, 1.807) is 0 Å². The lowest BCUT2D eigenvalue weighted by atomic mass is 10.1. The summed E-state index contributed by atoms with van der Waals surface area (Å²) in [5, 5.41) is 2.26. The summed E-state index contributed by atoms with van der Waals surface area (Å²) in [7, 11) is 0. The van der Waals surface area contributed by atoms with Gasteiger partial charge in [0.2, 0.25) is 0 Å². The van der Waals surface area contributed by atoms with Crippen LogP contribution in [-0.4, -0.2) is 43.9 Å². The number of nitrogens with zero attached hydrogens (tertiary/aromatic N) is 1. The third kappa shape index (κ3) is 6.99. The molecule has 0 aromatic rings. The third-order valence-electron chi connectivity index (χ3n) is 3.32. The highest BCUT2D eigenvalue weighted by molar-refractivity contribution is 4.68. The Labute approximate surface area is 106 Å². The van der Waals surface area contributed by atoms with Crippen LogP contribution in [0.3, 0.4) is 0 Å². The van der Waals surface area contributed by atoms with Gasteiger partial charge in [0.1, 0.15) is 0 Å². The van der Waals surface area contributed by atoms with Crippen LogP contribution in [0.25, 0.3) is 0 Å². The van der Waals surface area contributed by atoms with Gasteiger partial charge in [-0.05, 0) is 6.42 Å². The van der Waals surface area contributed by atoms with Gasteiger partial charge in [-0.2, -0.15) is 0 Å². The van der Waals surface area contributed by atoms with E-state index >= 15 is 0 Å². The number of morpholine rings is 1. The minimum absolute atomic E-state index is 0.440. The van der Waals surface area contributed by atoms with Gasteiger partial charge in [-0.3, -0.25) is 5.43 Å². The molecular weight excluding hydrogens is 214 g/mol. The minimum atomic E-state index is 0.440. The first-order chi connectivity index (χ1) is 8.36. The summed E-state index contributed by atoms with van der Waals surface area (Å²) in [5.74, 6) is 0. The van der Waals surface area contributed by atoms with Crippen LogP contribution in [0.5, 0.6) is 0 Å². The van der Waals surface area contributed by atoms with Crippen molar-refractivity contribution in [2.24, 2.45) is 5.73 Å². The molecule has 4 heteroatoms. The Morgan fingerprint density at radius 3 is 2.53 bits per heavy atom. The van der Waals surface area contributed by atoms with Crippen molar-refractivity contribution in [3.8, 4) is 0 Å². The van der Waals surface area contributed by atoms with Crippen LogP contribution in [0.4, 0.5) is 0 Å². The Morgan fingerprint density at radius 1 is 1.18 bits per heavy atom. The van der Waals surface area contributed by atoms with Crippen molar-refractivity contribution in [1.29, 1.82) is 0 Å². The predicted molar refractivity (Wildman–Crippen MR) is 71.7 cm³/mol. The second-order valence-corrected chi connectivity index (χ2v) is 4.86. The zero-order chi connectivity index (χ0) is 12.3. The lowest BCUT2D eigenvalue weighted by Crippen LogP contribution is -2.52. The quantitative estimate of drug-likeness (QED) is 0.603. The number of rotatable bonds is 9. The normalized spacial score (nSPS) is 19.4. The average molecular weight is 243 g/mol. The van der Waals surface area contributed by atoms with Crippen LogP contribution in [0.15, 0.2) is 0 Å². The van der Waals surface area contributed by atoms with Gasteiger partial charge in [-0.15, -0.1) is 0 Å². The van der Waals surface area contributed by atoms with Gasteiger partial charge < -0.3 is 10.5 Å². The van der Waals surface area contributed by atoms with Crippen molar-refractivity contribution in [2.45, 2.75) is 51.5 Å². The molecule has 1 rings (SSSR count). The second kappa shape index (κ2) is 9.83. The summed E-state index contributed by atoms with van der Waals surface area (Å²) < 4.78 is 5.33. The Morgan fingerprint density at radius 2 is 1.88 bits per heavy atom. The Kier molecular flexibility index (Phi) is 8.61. The van der Waals surface area contributed by atoms with E-state index in [0.717, 1.165) is 32.8 Å². The summed E-state index contributed by atoms with van der Waals surface area (Å²) in [6.45, 7) is 6.61. The van der Waals surface area contributed by atoms with Gasteiger partial charge in [0.25, 0.3) is 0 Å². The monoisotopic (exact) mass is 243 g/mol. The molecule has 102 valence electrons. The summed E-state index contributed by atoms with van der Waals surface area (Å²) >= 11 is 0. The molecule has 1 saturated heterocycles. The Bertz CT molecular complexity index is 172. The maximum absolute atomic E-state index is 5.81. The van der Waals surface area contributed by atoms with Crippen LogP contribution in [0.1, 0.15) is 45.4 Å². The van der Waals surface area contributed by atoms with Gasteiger partial charge in [-0.1, -0.05) is 39.0 Å². The minimum Gasteiger partial charge on any atom is -0.379 e. The van der Waals surface area contributed by atoms with E-state index in [-0.39, 0.29) is 0 Å². The second-order valence-electron chi connectivity index (χ2n) is 4.86. The fraction of sp³-hybridized carbons (Fsp3) is 1.00. The lowest BCUT2D eigenvalue weighted by molar-refractivity contribution is 0.00342. The highest BCUT2D eigenvalue weighted by atomic mass is 16.5. The van der Waals surface area contributed by atoms with Crippen molar-refractivity contribution in [3.63, 3.8) is 0 Å². The number of hydrogen-bond donors (Lipinski definition) is 2. The van der Waals surface area contributed by atoms with E-state index in [4.69, 9.17) is 10.5 Å². The van der Waals surface area contributed by atoms with E-state index in [0.29, 0.717) is 6.04 Å². The summed E-state index contributed by atoms with van der Waals surface area (Å²) in [6, 6.07) is 0.440. The van der Waals surface area contributed by atoms with E-state index in [9.17, 15) is 0 Å².